The van der Waals surface area contributed by atoms with Crippen molar-refractivity contribution in [2.45, 2.75) is 4.90 Å². The highest BCUT2D eigenvalue weighted by molar-refractivity contribution is 7.80. The zero-order chi connectivity index (χ0) is 9.54. The molecule has 14 heavy (non-hydrogen) atoms. The third-order valence-corrected chi connectivity index (χ3v) is 3.69. The summed E-state index contributed by atoms with van der Waals surface area (Å²) in [6.45, 7) is 0. The zero-order valence-electron chi connectivity index (χ0n) is 7.28. The van der Waals surface area contributed by atoms with E-state index >= 15 is 0 Å². The first-order valence-electron chi connectivity index (χ1n) is 4.34. The second-order valence-electron chi connectivity index (χ2n) is 3.18. The molecule has 2 aromatic carbocycles. The van der Waals surface area contributed by atoms with Crippen molar-refractivity contribution in [3.8, 4) is 0 Å². The lowest BCUT2D eigenvalue weighted by atomic mass is 10.1. The minimum atomic E-state index is 0.904. The van der Waals surface area contributed by atoms with Crippen LogP contribution in [-0.2, 0) is 0 Å². The summed E-state index contributed by atoms with van der Waals surface area (Å²) in [7, 11) is 0. The average molecular weight is 214 g/mol. The van der Waals surface area contributed by atoms with Crippen molar-refractivity contribution in [2.24, 2.45) is 0 Å². The van der Waals surface area contributed by atoms with E-state index in [1.54, 1.807) is 11.3 Å². The van der Waals surface area contributed by atoms with E-state index in [2.05, 4.69) is 24.3 Å². The molecule has 0 saturated carbocycles. The van der Waals surface area contributed by atoms with Gasteiger partial charge in [-0.3, -0.25) is 0 Å². The predicted octanol–water partition coefficient (Wildman–Crippen LogP) is 4.41. The van der Waals surface area contributed by atoms with Crippen molar-refractivity contribution in [1.82, 2.24) is 0 Å². The van der Waals surface area contributed by atoms with Gasteiger partial charge in [0.2, 0.25) is 0 Å². The van der Waals surface area contributed by atoms with Crippen LogP contribution in [-0.4, -0.2) is 0 Å². The van der Waals surface area contributed by atoms with Gasteiger partial charge in [0.05, 0.1) is 0 Å². The maximum Gasteiger partial charge on any atom is 0.0384 e. The number of hydrogen-bond donors (Lipinski definition) is 0. The zero-order valence-corrected chi connectivity index (χ0v) is 8.91. The third-order valence-electron chi connectivity index (χ3n) is 2.29. The minimum Gasteiger partial charge on any atom is -0.135 e. The molecule has 1 heterocycles. The molecular weight excluding hydrogens is 208 g/mol. The van der Waals surface area contributed by atoms with Crippen molar-refractivity contribution < 1.29 is 0 Å². The highest BCUT2D eigenvalue weighted by Gasteiger charge is 2.03. The van der Waals surface area contributed by atoms with Gasteiger partial charge in [0.25, 0.3) is 0 Å². The summed E-state index contributed by atoms with van der Waals surface area (Å²) >= 11 is 6.97. The summed E-state index contributed by atoms with van der Waals surface area (Å²) in [4.78, 5) is 0.904. The van der Waals surface area contributed by atoms with Crippen LogP contribution in [0, 0.1) is 6.07 Å². The van der Waals surface area contributed by atoms with Gasteiger partial charge in [-0.2, -0.15) is 0 Å². The molecule has 0 spiro atoms. The van der Waals surface area contributed by atoms with Crippen molar-refractivity contribution in [1.29, 1.82) is 0 Å². The number of rotatable bonds is 0. The van der Waals surface area contributed by atoms with Gasteiger partial charge in [-0.05, 0) is 36.4 Å². The van der Waals surface area contributed by atoms with Crippen LogP contribution in [0.4, 0.5) is 0 Å². The largest absolute Gasteiger partial charge is 0.135 e. The lowest BCUT2D eigenvalue weighted by Gasteiger charge is -1.91. The quantitative estimate of drug-likeness (QED) is 0.520. The molecular formula is C12H6S2. The minimum absolute atomic E-state index is 0.904. The Morgan fingerprint density at radius 3 is 2.86 bits per heavy atom. The standard InChI is InChI=1S/C12H6S2/c13-8-5-6-12-10(7-8)9-3-1-2-4-11(9)14-12/h2-7H. The summed E-state index contributed by atoms with van der Waals surface area (Å²) in [6, 6.07) is 15.3. The molecule has 0 fully saturated rings. The molecule has 0 unspecified atom stereocenters. The fourth-order valence-electron chi connectivity index (χ4n) is 1.64. The van der Waals surface area contributed by atoms with E-state index in [0.29, 0.717) is 0 Å². The predicted molar refractivity (Wildman–Crippen MR) is 64.0 cm³/mol. The lowest BCUT2D eigenvalue weighted by molar-refractivity contribution is 1.55. The van der Waals surface area contributed by atoms with Gasteiger partial charge in [0.1, 0.15) is 0 Å². The molecule has 2 heteroatoms. The Balaban J connectivity index is 2.58. The van der Waals surface area contributed by atoms with Crippen LogP contribution in [0.5, 0.6) is 0 Å². The second-order valence-corrected chi connectivity index (χ2v) is 4.74. The Morgan fingerprint density at radius 1 is 1.07 bits per heavy atom. The number of fused-ring (bicyclic) bond motifs is 3. The molecule has 0 bridgehead atoms. The highest BCUT2D eigenvalue weighted by Crippen LogP contribution is 2.34. The smallest absolute Gasteiger partial charge is 0.0384 e. The van der Waals surface area contributed by atoms with Crippen LogP contribution in [0.3, 0.4) is 0 Å². The molecule has 66 valence electrons. The molecule has 0 aliphatic carbocycles. The van der Waals surface area contributed by atoms with Gasteiger partial charge in [-0.25, -0.2) is 0 Å². The van der Waals surface area contributed by atoms with Crippen LogP contribution < -0.4 is 0 Å². The lowest BCUT2D eigenvalue weighted by Crippen LogP contribution is -1.66. The van der Waals surface area contributed by atoms with Gasteiger partial charge >= 0.3 is 0 Å². The Hall–Kier alpha value is -1.12. The van der Waals surface area contributed by atoms with E-state index in [9.17, 15) is 0 Å². The molecule has 2 radical (unpaired) electrons. The van der Waals surface area contributed by atoms with Gasteiger partial charge in [-0.15, -0.1) is 11.3 Å². The van der Waals surface area contributed by atoms with E-state index in [1.165, 1.54) is 20.2 Å². The first kappa shape index (κ1) is 8.21. The molecule has 0 nitrogen and oxygen atoms in total. The van der Waals surface area contributed by atoms with Crippen LogP contribution in [0.2, 0.25) is 0 Å². The molecule has 0 amide bonds. The molecule has 0 saturated heterocycles. The summed E-state index contributed by atoms with van der Waals surface area (Å²) in [6.07, 6.45) is 0. The van der Waals surface area contributed by atoms with Crippen LogP contribution in [0.1, 0.15) is 0 Å². The fraction of sp³-hybridized carbons (Fsp3) is 0. The van der Waals surface area contributed by atoms with E-state index in [-0.39, 0.29) is 0 Å². The molecule has 3 rings (SSSR count). The van der Waals surface area contributed by atoms with Gasteiger partial charge in [0, 0.05) is 25.1 Å². The van der Waals surface area contributed by atoms with Gasteiger partial charge in [0.15, 0.2) is 0 Å². The molecule has 0 aliphatic heterocycles. The Labute approximate surface area is 91.6 Å². The summed E-state index contributed by atoms with van der Waals surface area (Å²) in [5.41, 5.74) is 0. The second kappa shape index (κ2) is 2.94. The molecule has 0 aliphatic rings. The topological polar surface area (TPSA) is 0 Å². The molecule has 1 aromatic heterocycles. The summed E-state index contributed by atoms with van der Waals surface area (Å²) in [5.74, 6) is 0. The first-order valence-corrected chi connectivity index (χ1v) is 5.56. The molecule has 0 N–H and O–H groups in total. The number of benzene rings is 2. The van der Waals surface area contributed by atoms with Crippen LogP contribution in [0.25, 0.3) is 20.2 Å². The normalized spacial score (nSPS) is 11.1. The van der Waals surface area contributed by atoms with Crippen LogP contribution in [0.15, 0.2) is 41.3 Å². The van der Waals surface area contributed by atoms with Crippen molar-refractivity contribution >= 4 is 44.1 Å². The molecule has 3 aromatic rings. The van der Waals surface area contributed by atoms with Crippen molar-refractivity contribution in [2.75, 3.05) is 0 Å². The monoisotopic (exact) mass is 214 g/mol. The van der Waals surface area contributed by atoms with E-state index < -0.39 is 0 Å². The Bertz CT molecular complexity index is 608. The van der Waals surface area contributed by atoms with Gasteiger partial charge in [-0.1, -0.05) is 18.7 Å². The van der Waals surface area contributed by atoms with E-state index in [0.717, 1.165) is 4.90 Å². The number of thiophene rings is 1. The number of hydrogen-bond acceptors (Lipinski definition) is 1. The SMILES string of the molecule is [S]c1ccc2sc3cc[c]cc3c2c1. The summed E-state index contributed by atoms with van der Waals surface area (Å²) < 4.78 is 2.60. The summed E-state index contributed by atoms with van der Waals surface area (Å²) in [5, 5.41) is 2.52. The van der Waals surface area contributed by atoms with E-state index in [1.807, 2.05) is 18.2 Å². The highest BCUT2D eigenvalue weighted by atomic mass is 32.1. The van der Waals surface area contributed by atoms with Crippen molar-refractivity contribution in [3.63, 3.8) is 0 Å². The Kier molecular flexibility index (Phi) is 1.72. The van der Waals surface area contributed by atoms with E-state index in [4.69, 9.17) is 12.6 Å². The molecule has 0 atom stereocenters. The van der Waals surface area contributed by atoms with Crippen LogP contribution >= 0.6 is 24.0 Å². The maximum atomic E-state index is 5.16. The fourth-order valence-corrected chi connectivity index (χ4v) is 2.90. The maximum absolute atomic E-state index is 5.16. The first-order chi connectivity index (χ1) is 6.84. The average Bonchev–Trinajstić information content (AvgIpc) is 2.56. The third kappa shape index (κ3) is 1.11. The Morgan fingerprint density at radius 2 is 1.93 bits per heavy atom. The van der Waals surface area contributed by atoms with Gasteiger partial charge < -0.3 is 0 Å². The van der Waals surface area contributed by atoms with Crippen molar-refractivity contribution in [3.05, 3.63) is 42.5 Å².